The Hall–Kier alpha value is -3.84. The number of aromatic nitrogens is 4. The molecule has 2 aromatic heterocycles. The monoisotopic (exact) mass is 426 g/mol. The largest absolute Gasteiger partial charge is 0.410 e. The number of hydrogen-bond acceptors (Lipinski definition) is 6. The standard InChI is InChI=1S/C24H18N4O2S/c29-16-30-24-20(13-18-11-12-21-22(14-18)27-31-26-21)23(19-9-5-2-6-10-19)25-28(24)15-17-7-3-1-4-8-17/h1-12,14,16H,13,15H2. The zero-order chi connectivity index (χ0) is 21.0. The van der Waals surface area contributed by atoms with E-state index < -0.39 is 0 Å². The molecule has 0 radical (unpaired) electrons. The van der Waals surface area contributed by atoms with Gasteiger partial charge in [-0.25, -0.2) is 4.68 Å². The van der Waals surface area contributed by atoms with Gasteiger partial charge in [-0.2, -0.15) is 13.8 Å². The van der Waals surface area contributed by atoms with Gasteiger partial charge in [0, 0.05) is 17.5 Å². The zero-order valence-corrected chi connectivity index (χ0v) is 17.3. The molecule has 2 heterocycles. The van der Waals surface area contributed by atoms with E-state index in [1.807, 2.05) is 78.9 Å². The van der Waals surface area contributed by atoms with Crippen molar-refractivity contribution in [1.29, 1.82) is 0 Å². The van der Waals surface area contributed by atoms with Crippen LogP contribution >= 0.6 is 11.7 Å². The molecule has 0 aliphatic carbocycles. The van der Waals surface area contributed by atoms with E-state index in [-0.39, 0.29) is 0 Å². The molecular weight excluding hydrogens is 408 g/mol. The van der Waals surface area contributed by atoms with Gasteiger partial charge in [0.15, 0.2) is 0 Å². The molecule has 0 saturated carbocycles. The van der Waals surface area contributed by atoms with E-state index in [1.165, 1.54) is 11.7 Å². The molecule has 3 aromatic carbocycles. The van der Waals surface area contributed by atoms with Gasteiger partial charge >= 0.3 is 0 Å². The van der Waals surface area contributed by atoms with E-state index in [2.05, 4.69) is 8.75 Å². The zero-order valence-electron chi connectivity index (χ0n) is 16.5. The topological polar surface area (TPSA) is 69.9 Å². The highest BCUT2D eigenvalue weighted by atomic mass is 32.1. The van der Waals surface area contributed by atoms with Crippen molar-refractivity contribution in [2.75, 3.05) is 0 Å². The molecule has 0 bridgehead atoms. The number of rotatable bonds is 7. The molecule has 0 N–H and O–H groups in total. The van der Waals surface area contributed by atoms with E-state index in [9.17, 15) is 4.79 Å². The maximum Gasteiger partial charge on any atom is 0.299 e. The second kappa shape index (κ2) is 8.49. The van der Waals surface area contributed by atoms with Gasteiger partial charge in [-0.1, -0.05) is 66.7 Å². The van der Waals surface area contributed by atoms with Crippen LogP contribution in [0.3, 0.4) is 0 Å². The summed E-state index contributed by atoms with van der Waals surface area (Å²) in [5, 5.41) is 4.85. The predicted molar refractivity (Wildman–Crippen MR) is 120 cm³/mol. The van der Waals surface area contributed by atoms with Gasteiger partial charge in [-0.15, -0.1) is 0 Å². The van der Waals surface area contributed by atoms with E-state index in [0.29, 0.717) is 25.3 Å². The van der Waals surface area contributed by atoms with E-state index >= 15 is 0 Å². The van der Waals surface area contributed by atoms with Crippen molar-refractivity contribution < 1.29 is 9.53 Å². The van der Waals surface area contributed by atoms with Crippen molar-refractivity contribution in [2.45, 2.75) is 13.0 Å². The molecule has 0 aliphatic heterocycles. The fraction of sp³-hybridized carbons (Fsp3) is 0.0833. The highest BCUT2D eigenvalue weighted by molar-refractivity contribution is 7.00. The summed E-state index contributed by atoms with van der Waals surface area (Å²) in [7, 11) is 0. The minimum atomic E-state index is 0.453. The second-order valence-corrected chi connectivity index (χ2v) is 7.65. The summed E-state index contributed by atoms with van der Waals surface area (Å²) in [5.41, 5.74) is 6.48. The van der Waals surface area contributed by atoms with Crippen LogP contribution in [0.15, 0.2) is 78.9 Å². The highest BCUT2D eigenvalue weighted by Gasteiger charge is 2.21. The van der Waals surface area contributed by atoms with E-state index in [0.717, 1.165) is 39.0 Å². The van der Waals surface area contributed by atoms with Crippen LogP contribution < -0.4 is 4.74 Å². The first-order valence-electron chi connectivity index (χ1n) is 9.82. The molecule has 0 atom stereocenters. The van der Waals surface area contributed by atoms with Gasteiger partial charge in [-0.3, -0.25) is 4.79 Å². The quantitative estimate of drug-likeness (QED) is 0.352. The molecule has 5 rings (SSSR count). The minimum Gasteiger partial charge on any atom is -0.410 e. The molecule has 0 fully saturated rings. The Kier molecular flexibility index (Phi) is 5.24. The Morgan fingerprint density at radius 1 is 0.871 bits per heavy atom. The van der Waals surface area contributed by atoms with Crippen LogP contribution in [-0.2, 0) is 17.8 Å². The third kappa shape index (κ3) is 3.95. The average molecular weight is 427 g/mol. The van der Waals surface area contributed by atoms with Crippen molar-refractivity contribution in [3.8, 4) is 17.1 Å². The lowest BCUT2D eigenvalue weighted by Crippen LogP contribution is -2.06. The third-order valence-corrected chi connectivity index (χ3v) is 5.64. The first-order chi connectivity index (χ1) is 15.3. The molecule has 0 aliphatic rings. The van der Waals surface area contributed by atoms with Crippen LogP contribution in [-0.4, -0.2) is 25.0 Å². The summed E-state index contributed by atoms with van der Waals surface area (Å²) < 4.78 is 15.9. The van der Waals surface area contributed by atoms with Gasteiger partial charge in [0.1, 0.15) is 11.0 Å². The van der Waals surface area contributed by atoms with Crippen LogP contribution in [0.2, 0.25) is 0 Å². The molecule has 0 spiro atoms. The minimum absolute atomic E-state index is 0.453. The fourth-order valence-corrected chi connectivity index (χ4v) is 4.17. The van der Waals surface area contributed by atoms with Crippen LogP contribution in [0.1, 0.15) is 16.7 Å². The normalized spacial score (nSPS) is 11.0. The highest BCUT2D eigenvalue weighted by Crippen LogP contribution is 2.33. The number of fused-ring (bicyclic) bond motifs is 1. The number of benzene rings is 3. The van der Waals surface area contributed by atoms with Crippen LogP contribution in [0.4, 0.5) is 0 Å². The van der Waals surface area contributed by atoms with Crippen molar-refractivity contribution in [2.24, 2.45) is 0 Å². The van der Waals surface area contributed by atoms with Crippen molar-refractivity contribution in [1.82, 2.24) is 18.5 Å². The SMILES string of the molecule is O=COc1c(Cc2ccc3nsnc3c2)c(-c2ccccc2)nn1Cc1ccccc1. The number of hydrogen-bond donors (Lipinski definition) is 0. The summed E-state index contributed by atoms with van der Waals surface area (Å²) in [5.74, 6) is 0.453. The van der Waals surface area contributed by atoms with Gasteiger partial charge in [0.2, 0.25) is 5.88 Å². The summed E-state index contributed by atoms with van der Waals surface area (Å²) in [6, 6.07) is 25.9. The lowest BCUT2D eigenvalue weighted by atomic mass is 10.0. The van der Waals surface area contributed by atoms with Crippen LogP contribution in [0.25, 0.3) is 22.3 Å². The first kappa shape index (κ1) is 19.1. The van der Waals surface area contributed by atoms with Gasteiger partial charge in [0.05, 0.1) is 24.0 Å². The smallest absolute Gasteiger partial charge is 0.299 e. The summed E-state index contributed by atoms with van der Waals surface area (Å²) in [6.45, 7) is 0.962. The number of carbonyl (C=O) groups excluding carboxylic acids is 1. The molecule has 0 amide bonds. The lowest BCUT2D eigenvalue weighted by molar-refractivity contribution is -0.121. The Morgan fingerprint density at radius 3 is 2.39 bits per heavy atom. The molecular formula is C24H18N4O2S. The molecule has 0 unspecified atom stereocenters. The molecule has 31 heavy (non-hydrogen) atoms. The summed E-state index contributed by atoms with van der Waals surface area (Å²) in [4.78, 5) is 11.4. The molecule has 6 nitrogen and oxygen atoms in total. The lowest BCUT2D eigenvalue weighted by Gasteiger charge is -2.08. The van der Waals surface area contributed by atoms with Gasteiger partial charge in [0.25, 0.3) is 6.47 Å². The number of ether oxygens (including phenoxy) is 1. The Balaban J connectivity index is 1.63. The van der Waals surface area contributed by atoms with Crippen LogP contribution in [0, 0.1) is 0 Å². The first-order valence-corrected chi connectivity index (χ1v) is 10.6. The van der Waals surface area contributed by atoms with Gasteiger partial charge in [-0.05, 0) is 23.3 Å². The van der Waals surface area contributed by atoms with Crippen molar-refractivity contribution >= 4 is 29.2 Å². The molecule has 5 aromatic rings. The Bertz CT molecular complexity index is 1330. The maximum absolute atomic E-state index is 11.4. The van der Waals surface area contributed by atoms with Gasteiger partial charge < -0.3 is 4.74 Å². The average Bonchev–Trinajstić information content (AvgIpc) is 3.41. The summed E-state index contributed by atoms with van der Waals surface area (Å²) >= 11 is 1.20. The molecule has 7 heteroatoms. The Labute approximate surface area is 183 Å². The maximum atomic E-state index is 11.4. The number of carbonyl (C=O) groups is 1. The van der Waals surface area contributed by atoms with Crippen molar-refractivity contribution in [3.63, 3.8) is 0 Å². The van der Waals surface area contributed by atoms with E-state index in [4.69, 9.17) is 9.84 Å². The Morgan fingerprint density at radius 2 is 1.61 bits per heavy atom. The molecule has 152 valence electrons. The second-order valence-electron chi connectivity index (χ2n) is 7.12. The summed E-state index contributed by atoms with van der Waals surface area (Å²) in [6.07, 6.45) is 0.551. The predicted octanol–water partition coefficient (Wildman–Crippen LogP) is 4.73. The number of nitrogens with zero attached hydrogens (tertiary/aromatic N) is 4. The fourth-order valence-electron chi connectivity index (χ4n) is 3.65. The van der Waals surface area contributed by atoms with E-state index in [1.54, 1.807) is 4.68 Å². The molecule has 0 saturated heterocycles. The third-order valence-electron chi connectivity index (χ3n) is 5.08. The van der Waals surface area contributed by atoms with Crippen LogP contribution in [0.5, 0.6) is 5.88 Å². The van der Waals surface area contributed by atoms with Crippen molar-refractivity contribution in [3.05, 3.63) is 95.6 Å².